The standard InChI is InChI=1S/C26H27FN4O6S/c1-3-28-21-14-13-19(36-2)16-31-24(21)30-22(25(32)29-15-17-9-11-18(27)12-10-17)23(26(31)33)37-38(34,35)20-7-5-4-6-8-20/h4-12,14,19,28H,3,13,15-16H2,1-2H3,(H,29,32)/t19-/m0/s1. The highest BCUT2D eigenvalue weighted by Gasteiger charge is 2.31. The van der Waals surface area contributed by atoms with Crippen LogP contribution in [-0.2, 0) is 27.9 Å². The molecule has 200 valence electrons. The molecule has 0 bridgehead atoms. The molecule has 0 unspecified atom stereocenters. The average molecular weight is 543 g/mol. The van der Waals surface area contributed by atoms with E-state index in [1.807, 2.05) is 13.0 Å². The Hall–Kier alpha value is -4.03. The van der Waals surface area contributed by atoms with E-state index < -0.39 is 44.9 Å². The molecule has 2 heterocycles. The molecule has 0 radical (unpaired) electrons. The van der Waals surface area contributed by atoms with Crippen LogP contribution in [0.25, 0.3) is 5.70 Å². The van der Waals surface area contributed by atoms with Crippen LogP contribution < -0.4 is 20.4 Å². The third-order valence-electron chi connectivity index (χ3n) is 5.85. The molecule has 38 heavy (non-hydrogen) atoms. The van der Waals surface area contributed by atoms with Gasteiger partial charge < -0.3 is 19.6 Å². The number of amides is 1. The Kier molecular flexibility index (Phi) is 8.23. The first-order valence-electron chi connectivity index (χ1n) is 11.9. The first-order chi connectivity index (χ1) is 18.2. The molecule has 1 amide bonds. The van der Waals surface area contributed by atoms with Gasteiger partial charge in [-0.15, -0.1) is 0 Å². The smallest absolute Gasteiger partial charge is 0.339 e. The molecule has 0 aliphatic carbocycles. The monoisotopic (exact) mass is 542 g/mol. The van der Waals surface area contributed by atoms with Crippen LogP contribution in [0.1, 0.15) is 35.2 Å². The molecule has 0 saturated heterocycles. The Morgan fingerprint density at radius 3 is 2.53 bits per heavy atom. The third kappa shape index (κ3) is 5.92. The Morgan fingerprint density at radius 2 is 1.87 bits per heavy atom. The number of fused-ring (bicyclic) bond motifs is 1. The molecule has 1 aliphatic heterocycles. The van der Waals surface area contributed by atoms with Crippen LogP contribution in [0.15, 0.2) is 70.4 Å². The van der Waals surface area contributed by atoms with Gasteiger partial charge in [-0.2, -0.15) is 8.42 Å². The van der Waals surface area contributed by atoms with E-state index in [0.717, 1.165) is 0 Å². The zero-order chi connectivity index (χ0) is 27.3. The van der Waals surface area contributed by atoms with E-state index >= 15 is 0 Å². The minimum Gasteiger partial charge on any atom is -0.383 e. The number of rotatable bonds is 9. The Labute approximate surface area is 219 Å². The van der Waals surface area contributed by atoms with Gasteiger partial charge in [-0.25, -0.2) is 9.37 Å². The summed E-state index contributed by atoms with van der Waals surface area (Å²) in [4.78, 5) is 31.3. The first kappa shape index (κ1) is 27.0. The fraction of sp³-hybridized carbons (Fsp3) is 0.269. The van der Waals surface area contributed by atoms with E-state index in [9.17, 15) is 22.4 Å². The third-order valence-corrected chi connectivity index (χ3v) is 7.08. The van der Waals surface area contributed by atoms with Crippen molar-refractivity contribution in [3.63, 3.8) is 0 Å². The maximum absolute atomic E-state index is 13.7. The second-order valence-corrected chi connectivity index (χ2v) is 9.98. The summed E-state index contributed by atoms with van der Waals surface area (Å²) in [5.74, 6) is -1.86. The van der Waals surface area contributed by atoms with E-state index in [1.54, 1.807) is 6.07 Å². The largest absolute Gasteiger partial charge is 0.383 e. The maximum atomic E-state index is 13.7. The molecule has 1 aliphatic rings. The molecular weight excluding hydrogens is 515 g/mol. The van der Waals surface area contributed by atoms with Crippen molar-refractivity contribution in [1.29, 1.82) is 0 Å². The number of hydrogen-bond donors (Lipinski definition) is 2. The van der Waals surface area contributed by atoms with Gasteiger partial charge in [-0.3, -0.25) is 14.2 Å². The summed E-state index contributed by atoms with van der Waals surface area (Å²) < 4.78 is 51.4. The Balaban J connectivity index is 1.82. The molecule has 2 aromatic carbocycles. The predicted octanol–water partition coefficient (Wildman–Crippen LogP) is 2.45. The molecular formula is C26H27FN4O6S. The molecule has 1 aromatic heterocycles. The van der Waals surface area contributed by atoms with Gasteiger partial charge in [0.2, 0.25) is 5.75 Å². The van der Waals surface area contributed by atoms with Crippen LogP contribution in [-0.4, -0.2) is 43.6 Å². The summed E-state index contributed by atoms with van der Waals surface area (Å²) in [6, 6.07) is 12.7. The number of carbonyl (C=O) groups is 1. The van der Waals surface area contributed by atoms with Crippen molar-refractivity contribution in [3.8, 4) is 5.75 Å². The average Bonchev–Trinajstić information content (AvgIpc) is 3.09. The molecule has 10 nitrogen and oxygen atoms in total. The Bertz CT molecular complexity index is 1510. The maximum Gasteiger partial charge on any atom is 0.339 e. The number of nitrogens with zero attached hydrogens (tertiary/aromatic N) is 2. The van der Waals surface area contributed by atoms with Crippen LogP contribution in [0.2, 0.25) is 0 Å². The highest BCUT2D eigenvalue weighted by molar-refractivity contribution is 7.87. The summed E-state index contributed by atoms with van der Waals surface area (Å²) in [5.41, 5.74) is -0.271. The number of methoxy groups -OCH3 is 1. The molecule has 1 atom stereocenters. The number of carbonyl (C=O) groups excluding carboxylic acids is 1. The molecule has 3 aromatic rings. The lowest BCUT2D eigenvalue weighted by atomic mass is 10.2. The number of ether oxygens (including phenoxy) is 1. The topological polar surface area (TPSA) is 129 Å². The second kappa shape index (κ2) is 11.6. The van der Waals surface area contributed by atoms with E-state index in [4.69, 9.17) is 8.92 Å². The number of benzene rings is 2. The molecule has 2 N–H and O–H groups in total. The summed E-state index contributed by atoms with van der Waals surface area (Å²) in [6.45, 7) is 2.41. The van der Waals surface area contributed by atoms with Crippen molar-refractivity contribution in [2.24, 2.45) is 0 Å². The van der Waals surface area contributed by atoms with Crippen LogP contribution in [0.3, 0.4) is 0 Å². The van der Waals surface area contributed by atoms with Crippen molar-refractivity contribution in [3.05, 3.63) is 93.9 Å². The van der Waals surface area contributed by atoms with Crippen LogP contribution >= 0.6 is 0 Å². The minimum atomic E-state index is -4.48. The van der Waals surface area contributed by atoms with Gasteiger partial charge in [0.05, 0.1) is 18.3 Å². The fourth-order valence-electron chi connectivity index (χ4n) is 3.89. The second-order valence-electron chi connectivity index (χ2n) is 8.43. The van der Waals surface area contributed by atoms with E-state index in [-0.39, 0.29) is 23.8 Å². The summed E-state index contributed by atoms with van der Waals surface area (Å²) in [7, 11) is -2.98. The molecule has 4 rings (SSSR count). The number of halogens is 1. The zero-order valence-electron chi connectivity index (χ0n) is 20.8. The number of aromatic nitrogens is 2. The van der Waals surface area contributed by atoms with Gasteiger partial charge >= 0.3 is 10.1 Å². The van der Waals surface area contributed by atoms with Gasteiger partial charge in [-0.05, 0) is 43.2 Å². The number of hydrogen-bond acceptors (Lipinski definition) is 8. The predicted molar refractivity (Wildman–Crippen MR) is 137 cm³/mol. The minimum absolute atomic E-state index is 0.0221. The highest BCUT2D eigenvalue weighted by Crippen LogP contribution is 2.24. The van der Waals surface area contributed by atoms with Crippen molar-refractivity contribution in [2.75, 3.05) is 13.7 Å². The lowest BCUT2D eigenvalue weighted by molar-refractivity contribution is 0.0895. The molecule has 0 fully saturated rings. The summed E-state index contributed by atoms with van der Waals surface area (Å²) >= 11 is 0. The van der Waals surface area contributed by atoms with Gasteiger partial charge in [0, 0.05) is 20.2 Å². The highest BCUT2D eigenvalue weighted by atomic mass is 32.2. The normalized spacial score (nSPS) is 15.1. The van der Waals surface area contributed by atoms with E-state index in [2.05, 4.69) is 15.6 Å². The van der Waals surface area contributed by atoms with Crippen LogP contribution in [0, 0.1) is 5.82 Å². The van der Waals surface area contributed by atoms with Gasteiger partial charge in [0.1, 0.15) is 10.7 Å². The van der Waals surface area contributed by atoms with E-state index in [1.165, 1.54) is 60.2 Å². The Morgan fingerprint density at radius 1 is 1.16 bits per heavy atom. The zero-order valence-corrected chi connectivity index (χ0v) is 21.6. The lowest BCUT2D eigenvalue weighted by Gasteiger charge is -2.19. The van der Waals surface area contributed by atoms with Crippen molar-refractivity contribution < 1.29 is 26.5 Å². The van der Waals surface area contributed by atoms with E-state index in [0.29, 0.717) is 24.2 Å². The van der Waals surface area contributed by atoms with Crippen LogP contribution in [0.5, 0.6) is 5.75 Å². The van der Waals surface area contributed by atoms with Crippen molar-refractivity contribution >= 4 is 21.7 Å². The quantitative estimate of drug-likeness (QED) is 0.395. The fourth-order valence-corrected chi connectivity index (χ4v) is 4.84. The number of nitrogens with one attached hydrogen (secondary N) is 2. The summed E-state index contributed by atoms with van der Waals surface area (Å²) in [6.07, 6.45) is 1.86. The van der Waals surface area contributed by atoms with Gasteiger partial charge in [0.15, 0.2) is 11.5 Å². The van der Waals surface area contributed by atoms with Crippen molar-refractivity contribution in [2.45, 2.75) is 37.4 Å². The van der Waals surface area contributed by atoms with Crippen molar-refractivity contribution in [1.82, 2.24) is 20.2 Å². The molecule has 0 saturated carbocycles. The SMILES string of the molecule is CCNC1=CC[C@H](OC)Cn2c1nc(C(=O)NCc1ccc(F)cc1)c(OS(=O)(=O)c1ccccc1)c2=O. The van der Waals surface area contributed by atoms with Gasteiger partial charge in [-0.1, -0.05) is 36.4 Å². The van der Waals surface area contributed by atoms with Gasteiger partial charge in [0.25, 0.3) is 11.5 Å². The summed E-state index contributed by atoms with van der Waals surface area (Å²) in [5, 5.41) is 5.74. The lowest BCUT2D eigenvalue weighted by Crippen LogP contribution is -2.36. The first-order valence-corrected chi connectivity index (χ1v) is 13.3. The molecule has 0 spiro atoms. The molecule has 12 heteroatoms. The van der Waals surface area contributed by atoms with Crippen LogP contribution in [0.4, 0.5) is 4.39 Å².